The number of ketones is 1. The third-order valence-corrected chi connectivity index (χ3v) is 4.06. The molecule has 2 aromatic rings. The van der Waals surface area contributed by atoms with Gasteiger partial charge in [0.1, 0.15) is 5.75 Å². The molecule has 0 N–H and O–H groups in total. The highest BCUT2D eigenvalue weighted by molar-refractivity contribution is 9.10. The average molecular weight is 331 g/mol. The predicted molar refractivity (Wildman–Crippen MR) is 82.4 cm³/mol. The van der Waals surface area contributed by atoms with Gasteiger partial charge in [-0.15, -0.1) is 0 Å². The summed E-state index contributed by atoms with van der Waals surface area (Å²) < 4.78 is 6.66. The Hall–Kier alpha value is -1.61. The molecule has 0 saturated heterocycles. The number of carbonyl (C=O) groups is 1. The van der Waals surface area contributed by atoms with Crippen LogP contribution in [0.5, 0.6) is 5.75 Å². The van der Waals surface area contributed by atoms with E-state index in [0.717, 1.165) is 47.2 Å². The number of fused-ring (bicyclic) bond motifs is 1. The van der Waals surface area contributed by atoms with Crippen LogP contribution in [0.1, 0.15) is 34.3 Å². The van der Waals surface area contributed by atoms with E-state index in [4.69, 9.17) is 4.74 Å². The van der Waals surface area contributed by atoms with Crippen molar-refractivity contribution in [3.8, 4) is 5.75 Å². The number of carbonyl (C=O) groups excluding carboxylic acids is 1. The van der Waals surface area contributed by atoms with E-state index < -0.39 is 0 Å². The van der Waals surface area contributed by atoms with Crippen LogP contribution in [0.4, 0.5) is 0 Å². The van der Waals surface area contributed by atoms with Crippen LogP contribution in [-0.2, 0) is 6.42 Å². The van der Waals surface area contributed by atoms with E-state index in [1.807, 2.05) is 42.5 Å². The van der Waals surface area contributed by atoms with Crippen molar-refractivity contribution in [3.63, 3.8) is 0 Å². The summed E-state index contributed by atoms with van der Waals surface area (Å²) in [6, 6.07) is 13.2. The highest BCUT2D eigenvalue weighted by Gasteiger charge is 2.14. The molecule has 102 valence electrons. The van der Waals surface area contributed by atoms with Gasteiger partial charge in [0.25, 0.3) is 0 Å². The molecule has 0 aliphatic carbocycles. The molecule has 20 heavy (non-hydrogen) atoms. The SMILES string of the molecule is O=C(c1ccc(Br)cc1)c1ccc2c(c1)CCCCO2. The summed E-state index contributed by atoms with van der Waals surface area (Å²) in [6.45, 7) is 0.771. The van der Waals surface area contributed by atoms with E-state index >= 15 is 0 Å². The Kier molecular flexibility index (Phi) is 3.88. The zero-order valence-electron chi connectivity index (χ0n) is 11.1. The first-order valence-electron chi connectivity index (χ1n) is 6.80. The van der Waals surface area contributed by atoms with Gasteiger partial charge in [-0.3, -0.25) is 4.79 Å². The molecule has 1 heterocycles. The second-order valence-electron chi connectivity index (χ2n) is 4.96. The molecule has 0 saturated carbocycles. The maximum atomic E-state index is 12.5. The van der Waals surface area contributed by atoms with Gasteiger partial charge < -0.3 is 4.74 Å². The Labute approximate surface area is 126 Å². The summed E-state index contributed by atoms with van der Waals surface area (Å²) in [5.74, 6) is 0.986. The van der Waals surface area contributed by atoms with Crippen LogP contribution < -0.4 is 4.74 Å². The Bertz CT molecular complexity index is 632. The summed E-state index contributed by atoms with van der Waals surface area (Å²) in [5.41, 5.74) is 2.59. The molecule has 0 atom stereocenters. The maximum Gasteiger partial charge on any atom is 0.193 e. The lowest BCUT2D eigenvalue weighted by Crippen LogP contribution is -2.03. The van der Waals surface area contributed by atoms with Gasteiger partial charge in [-0.25, -0.2) is 0 Å². The normalized spacial score (nSPS) is 14.1. The molecule has 2 aromatic carbocycles. The predicted octanol–water partition coefficient (Wildman–Crippen LogP) is 4.40. The van der Waals surface area contributed by atoms with Gasteiger partial charge in [-0.05, 0) is 67.3 Å². The molecule has 0 radical (unpaired) electrons. The first-order valence-corrected chi connectivity index (χ1v) is 7.59. The van der Waals surface area contributed by atoms with Crippen LogP contribution in [0.3, 0.4) is 0 Å². The van der Waals surface area contributed by atoms with Crippen molar-refractivity contribution in [2.45, 2.75) is 19.3 Å². The lowest BCUT2D eigenvalue weighted by Gasteiger charge is -2.09. The maximum absolute atomic E-state index is 12.5. The van der Waals surface area contributed by atoms with E-state index in [1.165, 1.54) is 0 Å². The number of rotatable bonds is 2. The molecule has 0 spiro atoms. The fourth-order valence-corrected chi connectivity index (χ4v) is 2.69. The Morgan fingerprint density at radius 3 is 2.55 bits per heavy atom. The van der Waals surface area contributed by atoms with Gasteiger partial charge in [-0.2, -0.15) is 0 Å². The number of hydrogen-bond acceptors (Lipinski definition) is 2. The van der Waals surface area contributed by atoms with Gasteiger partial charge in [0.2, 0.25) is 0 Å². The second-order valence-corrected chi connectivity index (χ2v) is 5.88. The number of hydrogen-bond donors (Lipinski definition) is 0. The quantitative estimate of drug-likeness (QED) is 0.763. The summed E-state index contributed by atoms with van der Waals surface area (Å²) >= 11 is 3.38. The van der Waals surface area contributed by atoms with Crippen LogP contribution in [0.2, 0.25) is 0 Å². The lowest BCUT2D eigenvalue weighted by molar-refractivity contribution is 0.103. The number of aryl methyl sites for hydroxylation is 1. The minimum atomic E-state index is 0.0598. The first-order chi connectivity index (χ1) is 9.74. The molecule has 0 aromatic heterocycles. The molecule has 0 unspecified atom stereocenters. The first kappa shape index (κ1) is 13.4. The molecule has 1 aliphatic heterocycles. The largest absolute Gasteiger partial charge is 0.493 e. The van der Waals surface area contributed by atoms with Crippen LogP contribution in [0, 0.1) is 0 Å². The molecule has 0 fully saturated rings. The standard InChI is InChI=1S/C17H15BrO2/c18-15-7-4-12(5-8-15)17(19)14-6-9-16-13(11-14)3-1-2-10-20-16/h4-9,11H,1-3,10H2. The molecule has 0 amide bonds. The van der Waals surface area contributed by atoms with Gasteiger partial charge in [-0.1, -0.05) is 15.9 Å². The Balaban J connectivity index is 1.92. The van der Waals surface area contributed by atoms with Crippen LogP contribution >= 0.6 is 15.9 Å². The topological polar surface area (TPSA) is 26.3 Å². The van der Waals surface area contributed by atoms with Gasteiger partial charge in [0, 0.05) is 15.6 Å². The molecular weight excluding hydrogens is 316 g/mol. The van der Waals surface area contributed by atoms with Crippen molar-refractivity contribution in [3.05, 3.63) is 63.6 Å². The monoisotopic (exact) mass is 330 g/mol. The fourth-order valence-electron chi connectivity index (χ4n) is 2.42. The van der Waals surface area contributed by atoms with Crippen molar-refractivity contribution in [2.75, 3.05) is 6.61 Å². The van der Waals surface area contributed by atoms with Crippen molar-refractivity contribution < 1.29 is 9.53 Å². The molecule has 2 nitrogen and oxygen atoms in total. The van der Waals surface area contributed by atoms with Crippen LogP contribution in [0.15, 0.2) is 46.9 Å². The summed E-state index contributed by atoms with van der Waals surface area (Å²) in [6.07, 6.45) is 3.17. The van der Waals surface area contributed by atoms with E-state index in [9.17, 15) is 4.79 Å². The molecular formula is C17H15BrO2. The van der Waals surface area contributed by atoms with E-state index in [0.29, 0.717) is 5.56 Å². The zero-order chi connectivity index (χ0) is 13.9. The fraction of sp³-hybridized carbons (Fsp3) is 0.235. The zero-order valence-corrected chi connectivity index (χ0v) is 12.7. The smallest absolute Gasteiger partial charge is 0.193 e. The molecule has 3 rings (SSSR count). The highest BCUT2D eigenvalue weighted by Crippen LogP contribution is 2.26. The van der Waals surface area contributed by atoms with Crippen LogP contribution in [-0.4, -0.2) is 12.4 Å². The van der Waals surface area contributed by atoms with Crippen molar-refractivity contribution in [2.24, 2.45) is 0 Å². The minimum Gasteiger partial charge on any atom is -0.493 e. The lowest BCUT2D eigenvalue weighted by atomic mass is 9.99. The van der Waals surface area contributed by atoms with Crippen molar-refractivity contribution in [1.29, 1.82) is 0 Å². The van der Waals surface area contributed by atoms with E-state index in [-0.39, 0.29) is 5.78 Å². The second kappa shape index (κ2) is 5.80. The molecule has 0 bridgehead atoms. The Morgan fingerprint density at radius 2 is 1.75 bits per heavy atom. The number of ether oxygens (including phenoxy) is 1. The third-order valence-electron chi connectivity index (χ3n) is 3.53. The Morgan fingerprint density at radius 1 is 1.00 bits per heavy atom. The third kappa shape index (κ3) is 2.78. The number of benzene rings is 2. The van der Waals surface area contributed by atoms with E-state index in [1.54, 1.807) is 0 Å². The van der Waals surface area contributed by atoms with Gasteiger partial charge >= 0.3 is 0 Å². The molecule has 1 aliphatic rings. The van der Waals surface area contributed by atoms with Gasteiger partial charge in [0.05, 0.1) is 6.61 Å². The summed E-state index contributed by atoms with van der Waals surface area (Å²) in [4.78, 5) is 12.5. The summed E-state index contributed by atoms with van der Waals surface area (Å²) in [7, 11) is 0. The van der Waals surface area contributed by atoms with Crippen molar-refractivity contribution >= 4 is 21.7 Å². The average Bonchev–Trinajstić information content (AvgIpc) is 2.71. The van der Waals surface area contributed by atoms with Crippen molar-refractivity contribution in [1.82, 2.24) is 0 Å². The van der Waals surface area contributed by atoms with Gasteiger partial charge in [0.15, 0.2) is 5.78 Å². The summed E-state index contributed by atoms with van der Waals surface area (Å²) in [5, 5.41) is 0. The minimum absolute atomic E-state index is 0.0598. The van der Waals surface area contributed by atoms with Crippen LogP contribution in [0.25, 0.3) is 0 Å². The molecule has 3 heteroatoms. The van der Waals surface area contributed by atoms with E-state index in [2.05, 4.69) is 15.9 Å². The number of halogens is 1. The highest BCUT2D eigenvalue weighted by atomic mass is 79.9.